The zero-order valence-electron chi connectivity index (χ0n) is 8.27. The van der Waals surface area contributed by atoms with Gasteiger partial charge in [-0.3, -0.25) is 0 Å². The maximum Gasteiger partial charge on any atom is 0.215 e. The molecule has 0 saturated carbocycles. The second kappa shape index (κ2) is 4.36. The average Bonchev–Trinajstić information content (AvgIpc) is 2.22. The Kier molecular flexibility index (Phi) is 3.17. The first kappa shape index (κ1) is 10.2. The monoisotopic (exact) mass is 192 g/mol. The van der Waals surface area contributed by atoms with E-state index in [2.05, 4.69) is 28.6 Å². The Morgan fingerprint density at radius 3 is 2.50 bits per heavy atom. The maximum absolute atomic E-state index is 4.99. The molecule has 5 heteroatoms. The van der Waals surface area contributed by atoms with Crippen LogP contribution in [0.15, 0.2) is 22.3 Å². The number of hydrazone groups is 2. The summed E-state index contributed by atoms with van der Waals surface area (Å²) in [5, 5.41) is 8.55. The normalized spacial score (nSPS) is 9.29. The standard InChI is InChI=1S/C9H12N4O/c1-7-5-6-8(14-4)12-9(7)13(10-2)11-3/h5-6H,2-3H2,1,4H3. The van der Waals surface area contributed by atoms with Crippen molar-refractivity contribution in [2.24, 2.45) is 10.2 Å². The predicted octanol–water partition coefficient (Wildman–Crippen LogP) is 1.44. The van der Waals surface area contributed by atoms with E-state index < -0.39 is 0 Å². The molecule has 1 aromatic rings. The van der Waals surface area contributed by atoms with E-state index in [0.29, 0.717) is 11.7 Å². The average molecular weight is 192 g/mol. The van der Waals surface area contributed by atoms with E-state index in [1.165, 1.54) is 5.12 Å². The largest absolute Gasteiger partial charge is 0.481 e. The number of aromatic nitrogens is 1. The van der Waals surface area contributed by atoms with Crippen molar-refractivity contribution in [2.45, 2.75) is 6.92 Å². The highest BCUT2D eigenvalue weighted by atomic mass is 16.5. The Morgan fingerprint density at radius 2 is 2.00 bits per heavy atom. The Hall–Kier alpha value is -1.91. The van der Waals surface area contributed by atoms with E-state index >= 15 is 0 Å². The fourth-order valence-electron chi connectivity index (χ4n) is 0.995. The van der Waals surface area contributed by atoms with Gasteiger partial charge in [0.1, 0.15) is 0 Å². The lowest BCUT2D eigenvalue weighted by Gasteiger charge is -2.13. The molecule has 0 spiro atoms. The molecule has 0 bridgehead atoms. The van der Waals surface area contributed by atoms with Crippen LogP contribution < -0.4 is 9.85 Å². The lowest BCUT2D eigenvalue weighted by molar-refractivity contribution is 0.397. The van der Waals surface area contributed by atoms with Crippen molar-refractivity contribution in [3.63, 3.8) is 0 Å². The van der Waals surface area contributed by atoms with Crippen LogP contribution in [0.4, 0.5) is 5.82 Å². The second-order valence-electron chi connectivity index (χ2n) is 2.57. The summed E-state index contributed by atoms with van der Waals surface area (Å²) >= 11 is 0. The minimum Gasteiger partial charge on any atom is -0.481 e. The van der Waals surface area contributed by atoms with E-state index in [0.717, 1.165) is 5.56 Å². The van der Waals surface area contributed by atoms with Crippen LogP contribution in [0.25, 0.3) is 0 Å². The minimum absolute atomic E-state index is 0.503. The summed E-state index contributed by atoms with van der Waals surface area (Å²) < 4.78 is 4.99. The van der Waals surface area contributed by atoms with Gasteiger partial charge in [-0.05, 0) is 12.5 Å². The van der Waals surface area contributed by atoms with Gasteiger partial charge < -0.3 is 4.74 Å². The van der Waals surface area contributed by atoms with E-state index in [1.54, 1.807) is 13.2 Å². The van der Waals surface area contributed by atoms with Crippen molar-refractivity contribution in [3.05, 3.63) is 17.7 Å². The summed E-state index contributed by atoms with van der Waals surface area (Å²) in [7, 11) is 1.55. The van der Waals surface area contributed by atoms with Gasteiger partial charge in [-0.15, -0.1) is 5.12 Å². The van der Waals surface area contributed by atoms with Crippen molar-refractivity contribution < 1.29 is 4.74 Å². The molecule has 1 heterocycles. The summed E-state index contributed by atoms with van der Waals surface area (Å²) in [4.78, 5) is 4.17. The van der Waals surface area contributed by atoms with Crippen LogP contribution in [0, 0.1) is 6.92 Å². The van der Waals surface area contributed by atoms with Crippen LogP contribution in [0.2, 0.25) is 0 Å². The molecular formula is C9H12N4O. The third-order valence-corrected chi connectivity index (χ3v) is 1.71. The molecule has 0 saturated heterocycles. The number of hydrogen-bond acceptors (Lipinski definition) is 5. The van der Waals surface area contributed by atoms with E-state index in [-0.39, 0.29) is 0 Å². The third-order valence-electron chi connectivity index (χ3n) is 1.71. The molecule has 0 atom stereocenters. The van der Waals surface area contributed by atoms with E-state index in [9.17, 15) is 0 Å². The number of rotatable bonds is 4. The summed E-state index contributed by atoms with van der Waals surface area (Å²) in [6, 6.07) is 3.63. The molecule has 0 N–H and O–H groups in total. The van der Waals surface area contributed by atoms with Crippen LogP contribution >= 0.6 is 0 Å². The quantitative estimate of drug-likeness (QED) is 0.535. The second-order valence-corrected chi connectivity index (χ2v) is 2.57. The number of anilines is 1. The molecule has 5 nitrogen and oxygen atoms in total. The molecule has 74 valence electrons. The van der Waals surface area contributed by atoms with Crippen molar-refractivity contribution in [1.29, 1.82) is 0 Å². The van der Waals surface area contributed by atoms with Crippen molar-refractivity contribution in [3.8, 4) is 5.88 Å². The van der Waals surface area contributed by atoms with Gasteiger partial charge >= 0.3 is 0 Å². The topological polar surface area (TPSA) is 50.1 Å². The zero-order chi connectivity index (χ0) is 10.6. The summed E-state index contributed by atoms with van der Waals surface area (Å²) in [6.07, 6.45) is 0. The van der Waals surface area contributed by atoms with Crippen LogP contribution in [-0.2, 0) is 0 Å². The SMILES string of the molecule is C=NN(N=C)c1nc(OC)ccc1C. The van der Waals surface area contributed by atoms with Crippen LogP contribution in [0.1, 0.15) is 5.56 Å². The molecule has 0 unspecified atom stereocenters. The summed E-state index contributed by atoms with van der Waals surface area (Å²) in [5.41, 5.74) is 0.922. The molecule has 0 aliphatic carbocycles. The lowest BCUT2D eigenvalue weighted by atomic mass is 10.3. The Bertz CT molecular complexity index is 343. The highest BCUT2D eigenvalue weighted by molar-refractivity contribution is 5.50. The molecule has 1 rings (SSSR count). The van der Waals surface area contributed by atoms with Gasteiger partial charge in [0.15, 0.2) is 5.82 Å². The molecule has 1 aromatic heterocycles. The molecule has 0 aliphatic rings. The predicted molar refractivity (Wildman–Crippen MR) is 57.1 cm³/mol. The molecule has 0 aliphatic heterocycles. The first-order valence-electron chi connectivity index (χ1n) is 3.98. The first-order valence-corrected chi connectivity index (χ1v) is 3.98. The minimum atomic E-state index is 0.503. The zero-order valence-corrected chi connectivity index (χ0v) is 8.27. The lowest BCUT2D eigenvalue weighted by Crippen LogP contribution is -2.10. The van der Waals surface area contributed by atoms with Crippen molar-refractivity contribution >= 4 is 19.3 Å². The number of hydrogen-bond donors (Lipinski definition) is 0. The van der Waals surface area contributed by atoms with Gasteiger partial charge in [-0.1, -0.05) is 6.07 Å². The molecule has 0 fully saturated rings. The maximum atomic E-state index is 4.99. The van der Waals surface area contributed by atoms with Gasteiger partial charge in [0.05, 0.1) is 7.11 Å². The molecule has 0 amide bonds. The highest BCUT2D eigenvalue weighted by Crippen LogP contribution is 2.20. The summed E-state index contributed by atoms with van der Waals surface area (Å²) in [6.45, 7) is 8.63. The molecule has 14 heavy (non-hydrogen) atoms. The fraction of sp³-hybridized carbons (Fsp3) is 0.222. The molecule has 0 aromatic carbocycles. The number of nitrogens with zero attached hydrogens (tertiary/aromatic N) is 4. The van der Waals surface area contributed by atoms with Crippen LogP contribution in [-0.4, -0.2) is 25.5 Å². The Balaban J connectivity index is 3.16. The van der Waals surface area contributed by atoms with Gasteiger partial charge in [0.25, 0.3) is 0 Å². The first-order chi connectivity index (χ1) is 6.72. The van der Waals surface area contributed by atoms with Gasteiger partial charge in [0, 0.05) is 19.5 Å². The van der Waals surface area contributed by atoms with Crippen LogP contribution in [0.3, 0.4) is 0 Å². The van der Waals surface area contributed by atoms with Crippen LogP contribution in [0.5, 0.6) is 5.88 Å². The number of methoxy groups -OCH3 is 1. The smallest absolute Gasteiger partial charge is 0.215 e. The molecule has 0 radical (unpaired) electrons. The molecular weight excluding hydrogens is 180 g/mol. The number of pyridine rings is 1. The van der Waals surface area contributed by atoms with Crippen molar-refractivity contribution in [1.82, 2.24) is 4.98 Å². The Labute approximate surface area is 82.7 Å². The fourth-order valence-corrected chi connectivity index (χ4v) is 0.995. The van der Waals surface area contributed by atoms with Gasteiger partial charge in [-0.2, -0.15) is 15.2 Å². The van der Waals surface area contributed by atoms with Gasteiger partial charge in [-0.25, -0.2) is 0 Å². The summed E-state index contributed by atoms with van der Waals surface area (Å²) in [5.74, 6) is 1.07. The highest BCUT2D eigenvalue weighted by Gasteiger charge is 2.08. The van der Waals surface area contributed by atoms with Crippen molar-refractivity contribution in [2.75, 3.05) is 12.2 Å². The number of aryl methyl sites for hydroxylation is 1. The third kappa shape index (κ3) is 1.87. The van der Waals surface area contributed by atoms with E-state index in [1.807, 2.05) is 13.0 Å². The van der Waals surface area contributed by atoms with Gasteiger partial charge in [0.2, 0.25) is 5.88 Å². The Morgan fingerprint density at radius 1 is 1.36 bits per heavy atom. The van der Waals surface area contributed by atoms with E-state index in [4.69, 9.17) is 4.74 Å². The number of ether oxygens (including phenoxy) is 1.